The number of carbonyl (C=O) groups excluding carboxylic acids is 2. The minimum absolute atomic E-state index is 0.0198. The van der Waals surface area contributed by atoms with Crippen molar-refractivity contribution in [3.8, 4) is 0 Å². The minimum Gasteiger partial charge on any atom is -0.326 e. The highest BCUT2D eigenvalue weighted by Crippen LogP contribution is 2.31. The molecule has 0 aliphatic heterocycles. The second kappa shape index (κ2) is 7.68. The summed E-state index contributed by atoms with van der Waals surface area (Å²) in [4.78, 5) is 24.3. The molecule has 0 heterocycles. The molecule has 4 nitrogen and oxygen atoms in total. The average molecular weight is 354 g/mol. The van der Waals surface area contributed by atoms with Crippen molar-refractivity contribution in [3.05, 3.63) is 59.4 Å². The largest absolute Gasteiger partial charge is 0.326 e. The van der Waals surface area contributed by atoms with Crippen LogP contribution < -0.4 is 10.6 Å². The van der Waals surface area contributed by atoms with E-state index in [1.807, 2.05) is 26.0 Å². The molecular weight excluding hydrogens is 331 g/mol. The summed E-state index contributed by atoms with van der Waals surface area (Å²) in [5.74, 6) is -0.252. The Morgan fingerprint density at radius 2 is 1.81 bits per heavy atom. The molecule has 0 spiro atoms. The van der Waals surface area contributed by atoms with Crippen LogP contribution >= 0.6 is 0 Å². The fourth-order valence-electron chi connectivity index (χ4n) is 2.81. The molecule has 2 amide bonds. The molecule has 0 bridgehead atoms. The fraction of sp³-hybridized carbons (Fsp3) is 0.333. The lowest BCUT2D eigenvalue weighted by Crippen LogP contribution is -2.16. The summed E-state index contributed by atoms with van der Waals surface area (Å²) < 4.78 is 13.0. The van der Waals surface area contributed by atoms with E-state index in [0.717, 1.165) is 24.0 Å². The molecule has 1 saturated carbocycles. The van der Waals surface area contributed by atoms with Crippen LogP contribution in [0, 0.1) is 18.7 Å². The first-order chi connectivity index (χ1) is 12.4. The number of anilines is 2. The summed E-state index contributed by atoms with van der Waals surface area (Å²) in [6, 6.07) is 11.7. The highest BCUT2D eigenvalue weighted by Gasteiger charge is 2.29. The molecule has 1 aliphatic carbocycles. The van der Waals surface area contributed by atoms with E-state index in [-0.39, 0.29) is 29.5 Å². The zero-order valence-corrected chi connectivity index (χ0v) is 15.0. The molecule has 1 atom stereocenters. The Kier molecular flexibility index (Phi) is 5.35. The van der Waals surface area contributed by atoms with E-state index in [9.17, 15) is 14.0 Å². The summed E-state index contributed by atoms with van der Waals surface area (Å²) in [6.07, 6.45) is 2.19. The topological polar surface area (TPSA) is 58.2 Å². The molecule has 0 radical (unpaired) electrons. The summed E-state index contributed by atoms with van der Waals surface area (Å²) in [5.41, 5.74) is 3.23. The predicted molar refractivity (Wildman–Crippen MR) is 101 cm³/mol. The molecule has 2 N–H and O–H groups in total. The van der Waals surface area contributed by atoms with Crippen LogP contribution in [0.5, 0.6) is 0 Å². The van der Waals surface area contributed by atoms with Crippen LogP contribution in [0.3, 0.4) is 0 Å². The number of rotatable bonds is 6. The van der Waals surface area contributed by atoms with E-state index < -0.39 is 0 Å². The van der Waals surface area contributed by atoms with Crippen molar-refractivity contribution >= 4 is 23.2 Å². The van der Waals surface area contributed by atoms with Gasteiger partial charge in [-0.1, -0.05) is 25.1 Å². The Balaban J connectivity index is 1.62. The number of hydrogen-bond acceptors (Lipinski definition) is 2. The Bertz CT molecular complexity index is 813. The van der Waals surface area contributed by atoms with Crippen molar-refractivity contribution in [1.29, 1.82) is 0 Å². The lowest BCUT2D eigenvalue weighted by Gasteiger charge is -2.14. The third-order valence-electron chi connectivity index (χ3n) is 4.66. The van der Waals surface area contributed by atoms with Crippen molar-refractivity contribution < 1.29 is 14.0 Å². The van der Waals surface area contributed by atoms with Crippen LogP contribution in [-0.2, 0) is 9.59 Å². The smallest absolute Gasteiger partial charge is 0.227 e. The zero-order valence-electron chi connectivity index (χ0n) is 15.0. The predicted octanol–water partition coefficient (Wildman–Crippen LogP) is 4.61. The van der Waals surface area contributed by atoms with Crippen LogP contribution in [0.4, 0.5) is 15.8 Å². The second-order valence-corrected chi connectivity index (χ2v) is 7.00. The van der Waals surface area contributed by atoms with Crippen LogP contribution in [0.1, 0.15) is 43.2 Å². The molecule has 1 unspecified atom stereocenters. The number of amides is 2. The van der Waals surface area contributed by atoms with Gasteiger partial charge in [0.05, 0.1) is 0 Å². The van der Waals surface area contributed by atoms with Gasteiger partial charge < -0.3 is 10.6 Å². The molecule has 1 aliphatic rings. The normalized spacial score (nSPS) is 14.6. The molecule has 3 rings (SSSR count). The quantitative estimate of drug-likeness (QED) is 0.795. The van der Waals surface area contributed by atoms with Gasteiger partial charge in [0.2, 0.25) is 11.8 Å². The van der Waals surface area contributed by atoms with Gasteiger partial charge in [-0.05, 0) is 61.1 Å². The first kappa shape index (κ1) is 18.1. The maximum atomic E-state index is 13.0. The lowest BCUT2D eigenvalue weighted by molar-refractivity contribution is -0.117. The van der Waals surface area contributed by atoms with Gasteiger partial charge >= 0.3 is 0 Å². The summed E-state index contributed by atoms with van der Waals surface area (Å²) in [5, 5.41) is 5.81. The SMILES string of the molecule is Cc1ccc(NC(=O)C2CC2)cc1NC(=O)CC(C)c1ccc(F)cc1. The summed E-state index contributed by atoms with van der Waals surface area (Å²) in [7, 11) is 0. The van der Waals surface area contributed by atoms with Crippen molar-refractivity contribution in [2.75, 3.05) is 10.6 Å². The molecule has 2 aromatic rings. The van der Waals surface area contributed by atoms with E-state index in [1.54, 1.807) is 18.2 Å². The van der Waals surface area contributed by atoms with E-state index >= 15 is 0 Å². The highest BCUT2D eigenvalue weighted by molar-refractivity contribution is 5.96. The van der Waals surface area contributed by atoms with Crippen molar-refractivity contribution in [2.45, 2.75) is 39.0 Å². The highest BCUT2D eigenvalue weighted by atomic mass is 19.1. The van der Waals surface area contributed by atoms with Crippen LogP contribution in [0.25, 0.3) is 0 Å². The number of hydrogen-bond donors (Lipinski definition) is 2. The number of halogens is 1. The Labute approximate surface area is 152 Å². The molecule has 2 aromatic carbocycles. The number of nitrogens with one attached hydrogen (secondary N) is 2. The van der Waals surface area contributed by atoms with Gasteiger partial charge in [-0.2, -0.15) is 0 Å². The Morgan fingerprint density at radius 1 is 1.12 bits per heavy atom. The molecule has 0 aromatic heterocycles. The standard InChI is InChI=1S/C21H23FN2O2/c1-13-3-10-18(23-21(26)16-4-5-16)12-19(13)24-20(25)11-14(2)15-6-8-17(22)9-7-15/h3,6-10,12,14,16H,4-5,11H2,1-2H3,(H,23,26)(H,24,25). The summed E-state index contributed by atoms with van der Waals surface area (Å²) in [6.45, 7) is 3.84. The minimum atomic E-state index is -0.286. The van der Waals surface area contributed by atoms with E-state index in [0.29, 0.717) is 17.8 Å². The van der Waals surface area contributed by atoms with Gasteiger partial charge in [-0.3, -0.25) is 9.59 Å². The first-order valence-corrected chi connectivity index (χ1v) is 8.89. The monoisotopic (exact) mass is 354 g/mol. The van der Waals surface area contributed by atoms with Crippen LogP contribution in [-0.4, -0.2) is 11.8 Å². The fourth-order valence-corrected chi connectivity index (χ4v) is 2.81. The Morgan fingerprint density at radius 3 is 2.46 bits per heavy atom. The third kappa shape index (κ3) is 4.69. The van der Waals surface area contributed by atoms with Gasteiger partial charge in [0.25, 0.3) is 0 Å². The number of benzene rings is 2. The Hall–Kier alpha value is -2.69. The van der Waals surface area contributed by atoms with Crippen molar-refractivity contribution in [3.63, 3.8) is 0 Å². The third-order valence-corrected chi connectivity index (χ3v) is 4.66. The van der Waals surface area contributed by atoms with Gasteiger partial charge in [0.1, 0.15) is 5.82 Å². The maximum Gasteiger partial charge on any atom is 0.227 e. The van der Waals surface area contributed by atoms with Crippen molar-refractivity contribution in [2.24, 2.45) is 5.92 Å². The second-order valence-electron chi connectivity index (χ2n) is 7.00. The number of carbonyl (C=O) groups is 2. The summed E-state index contributed by atoms with van der Waals surface area (Å²) >= 11 is 0. The van der Waals surface area contributed by atoms with Gasteiger partial charge in [0.15, 0.2) is 0 Å². The average Bonchev–Trinajstić information content (AvgIpc) is 3.43. The molecule has 26 heavy (non-hydrogen) atoms. The van der Waals surface area contributed by atoms with Crippen LogP contribution in [0.2, 0.25) is 0 Å². The van der Waals surface area contributed by atoms with Gasteiger partial charge in [-0.25, -0.2) is 4.39 Å². The van der Waals surface area contributed by atoms with Gasteiger partial charge in [0, 0.05) is 23.7 Å². The van der Waals surface area contributed by atoms with Crippen molar-refractivity contribution in [1.82, 2.24) is 0 Å². The zero-order chi connectivity index (χ0) is 18.7. The first-order valence-electron chi connectivity index (χ1n) is 8.89. The van der Waals surface area contributed by atoms with E-state index in [4.69, 9.17) is 0 Å². The maximum absolute atomic E-state index is 13.0. The lowest BCUT2D eigenvalue weighted by atomic mass is 9.97. The molecule has 1 fully saturated rings. The van der Waals surface area contributed by atoms with E-state index in [2.05, 4.69) is 10.6 Å². The molecular formula is C21H23FN2O2. The molecule has 5 heteroatoms. The van der Waals surface area contributed by atoms with E-state index in [1.165, 1.54) is 12.1 Å². The molecule has 0 saturated heterocycles. The number of aryl methyl sites for hydroxylation is 1. The van der Waals surface area contributed by atoms with Gasteiger partial charge in [-0.15, -0.1) is 0 Å². The molecule has 136 valence electrons. The van der Waals surface area contributed by atoms with Crippen LogP contribution in [0.15, 0.2) is 42.5 Å².